The molecule has 1 amide bonds. The van der Waals surface area contributed by atoms with E-state index in [0.29, 0.717) is 12.1 Å². The number of hydrogen-bond acceptors (Lipinski definition) is 1. The summed E-state index contributed by atoms with van der Waals surface area (Å²) in [6, 6.07) is 15.9. The number of fused-ring (bicyclic) bond motifs is 5. The third-order valence-corrected chi connectivity index (χ3v) is 5.97. The average Bonchev–Trinajstić information content (AvgIpc) is 3.08. The lowest BCUT2D eigenvalue weighted by Gasteiger charge is -2.35. The molecule has 2 nitrogen and oxygen atoms in total. The summed E-state index contributed by atoms with van der Waals surface area (Å²) in [5.41, 5.74) is 6.17. The fraction of sp³-hybridized carbons (Fsp3) is 0.381. The van der Waals surface area contributed by atoms with Crippen LogP contribution in [0.4, 0.5) is 0 Å². The Hall–Kier alpha value is -2.09. The molecule has 2 atom stereocenters. The summed E-state index contributed by atoms with van der Waals surface area (Å²) < 4.78 is 0. The molecule has 2 heterocycles. The second kappa shape index (κ2) is 4.95. The molecule has 3 aliphatic rings. The molecule has 5 rings (SSSR count). The molecule has 0 radical (unpaired) electrons. The van der Waals surface area contributed by atoms with Crippen molar-refractivity contribution in [2.45, 2.75) is 50.6 Å². The van der Waals surface area contributed by atoms with Crippen LogP contribution in [-0.2, 0) is 6.42 Å². The van der Waals surface area contributed by atoms with Crippen molar-refractivity contribution in [2.75, 3.05) is 0 Å². The van der Waals surface area contributed by atoms with Crippen LogP contribution in [0.3, 0.4) is 0 Å². The SMILES string of the molecule is O=C(c1ccc2c(c1)-c1ccccc1C2)N1C2CCCC1CC2. The molecule has 0 aromatic heterocycles. The zero-order valence-corrected chi connectivity index (χ0v) is 13.3. The fourth-order valence-electron chi connectivity index (χ4n) is 4.85. The van der Waals surface area contributed by atoms with Crippen molar-refractivity contribution in [1.82, 2.24) is 4.90 Å². The Labute approximate surface area is 137 Å². The molecule has 0 saturated carbocycles. The van der Waals surface area contributed by atoms with Crippen LogP contribution in [-0.4, -0.2) is 22.9 Å². The molecule has 0 spiro atoms. The van der Waals surface area contributed by atoms with Gasteiger partial charge < -0.3 is 4.90 Å². The van der Waals surface area contributed by atoms with E-state index >= 15 is 0 Å². The summed E-state index contributed by atoms with van der Waals surface area (Å²) in [6.07, 6.45) is 7.06. The normalized spacial score (nSPS) is 24.4. The van der Waals surface area contributed by atoms with Crippen molar-refractivity contribution in [1.29, 1.82) is 0 Å². The van der Waals surface area contributed by atoms with Gasteiger partial charge in [0.15, 0.2) is 0 Å². The van der Waals surface area contributed by atoms with Gasteiger partial charge in [-0.15, -0.1) is 0 Å². The van der Waals surface area contributed by atoms with Crippen LogP contribution >= 0.6 is 0 Å². The third kappa shape index (κ3) is 1.97. The maximum atomic E-state index is 13.1. The van der Waals surface area contributed by atoms with Gasteiger partial charge in [0, 0.05) is 17.6 Å². The first kappa shape index (κ1) is 13.4. The third-order valence-electron chi connectivity index (χ3n) is 5.97. The molecule has 116 valence electrons. The van der Waals surface area contributed by atoms with Crippen LogP contribution in [0.1, 0.15) is 53.6 Å². The number of nitrogens with zero attached hydrogens (tertiary/aromatic N) is 1. The summed E-state index contributed by atoms with van der Waals surface area (Å²) in [5, 5.41) is 0. The van der Waals surface area contributed by atoms with Crippen molar-refractivity contribution < 1.29 is 4.79 Å². The molecule has 2 aliphatic heterocycles. The molecule has 2 heteroatoms. The van der Waals surface area contributed by atoms with Gasteiger partial charge in [0.2, 0.25) is 0 Å². The molecule has 2 aromatic carbocycles. The standard InChI is InChI=1S/C21H21NO/c23-21(22-17-5-3-6-18(22)11-10-17)16-9-8-15-12-14-4-1-2-7-19(14)20(15)13-16/h1-2,4,7-9,13,17-18H,3,5-6,10-12H2. The highest BCUT2D eigenvalue weighted by atomic mass is 16.2. The van der Waals surface area contributed by atoms with E-state index in [0.717, 1.165) is 12.0 Å². The van der Waals surface area contributed by atoms with E-state index in [1.165, 1.54) is 54.4 Å². The number of amides is 1. The molecule has 2 bridgehead atoms. The van der Waals surface area contributed by atoms with Gasteiger partial charge in [0.25, 0.3) is 5.91 Å². The molecule has 1 aliphatic carbocycles. The Morgan fingerprint density at radius 2 is 1.61 bits per heavy atom. The number of carbonyl (C=O) groups is 1. The van der Waals surface area contributed by atoms with Crippen molar-refractivity contribution >= 4 is 5.91 Å². The highest BCUT2D eigenvalue weighted by Crippen LogP contribution is 2.39. The van der Waals surface area contributed by atoms with Crippen LogP contribution < -0.4 is 0 Å². The predicted molar refractivity (Wildman–Crippen MR) is 91.5 cm³/mol. The summed E-state index contributed by atoms with van der Waals surface area (Å²) in [5.74, 6) is 0.254. The number of piperidine rings is 1. The molecule has 2 aromatic rings. The van der Waals surface area contributed by atoms with Crippen molar-refractivity contribution in [3.63, 3.8) is 0 Å². The topological polar surface area (TPSA) is 20.3 Å². The van der Waals surface area contributed by atoms with Gasteiger partial charge in [0.05, 0.1) is 0 Å². The Bertz CT molecular complexity index is 778. The summed E-state index contributed by atoms with van der Waals surface area (Å²) >= 11 is 0. The van der Waals surface area contributed by atoms with Gasteiger partial charge in [-0.1, -0.05) is 30.3 Å². The lowest BCUT2D eigenvalue weighted by molar-refractivity contribution is 0.0595. The van der Waals surface area contributed by atoms with Gasteiger partial charge in [-0.2, -0.15) is 0 Å². The van der Waals surface area contributed by atoms with Gasteiger partial charge >= 0.3 is 0 Å². The quantitative estimate of drug-likeness (QED) is 0.652. The molecule has 23 heavy (non-hydrogen) atoms. The van der Waals surface area contributed by atoms with E-state index in [1.54, 1.807) is 0 Å². The number of benzene rings is 2. The molecule has 0 N–H and O–H groups in total. The Morgan fingerprint density at radius 1 is 0.870 bits per heavy atom. The maximum absolute atomic E-state index is 13.1. The Balaban J connectivity index is 1.53. The van der Waals surface area contributed by atoms with Gasteiger partial charge in [-0.05, 0) is 72.9 Å². The molecule has 2 unspecified atom stereocenters. The molecule has 2 fully saturated rings. The molecular weight excluding hydrogens is 282 g/mol. The number of rotatable bonds is 1. The van der Waals surface area contributed by atoms with Crippen molar-refractivity contribution in [2.24, 2.45) is 0 Å². The zero-order chi connectivity index (χ0) is 15.4. The van der Waals surface area contributed by atoms with Crippen molar-refractivity contribution in [3.05, 3.63) is 59.2 Å². The summed E-state index contributed by atoms with van der Waals surface area (Å²) in [6.45, 7) is 0. The van der Waals surface area contributed by atoms with Crippen LogP contribution in [0.25, 0.3) is 11.1 Å². The minimum Gasteiger partial charge on any atom is -0.333 e. The van der Waals surface area contributed by atoms with Gasteiger partial charge in [-0.3, -0.25) is 4.79 Å². The highest BCUT2D eigenvalue weighted by molar-refractivity contribution is 5.97. The van der Waals surface area contributed by atoms with Crippen LogP contribution in [0.15, 0.2) is 42.5 Å². The van der Waals surface area contributed by atoms with E-state index in [2.05, 4.69) is 41.3 Å². The van der Waals surface area contributed by atoms with Crippen LogP contribution in [0, 0.1) is 0 Å². The minimum absolute atomic E-state index is 0.254. The minimum atomic E-state index is 0.254. The van der Waals surface area contributed by atoms with E-state index in [-0.39, 0.29) is 5.91 Å². The lowest BCUT2D eigenvalue weighted by atomic mass is 9.99. The highest BCUT2D eigenvalue weighted by Gasteiger charge is 2.39. The van der Waals surface area contributed by atoms with E-state index in [4.69, 9.17) is 0 Å². The molecular formula is C21H21NO. The first-order chi connectivity index (χ1) is 11.3. The van der Waals surface area contributed by atoms with E-state index in [1.807, 2.05) is 6.07 Å². The molecule has 2 saturated heterocycles. The van der Waals surface area contributed by atoms with Crippen LogP contribution in [0.5, 0.6) is 0 Å². The first-order valence-corrected chi connectivity index (χ1v) is 8.85. The first-order valence-electron chi connectivity index (χ1n) is 8.85. The van der Waals surface area contributed by atoms with E-state index in [9.17, 15) is 4.79 Å². The second-order valence-corrected chi connectivity index (χ2v) is 7.23. The monoisotopic (exact) mass is 303 g/mol. The average molecular weight is 303 g/mol. The smallest absolute Gasteiger partial charge is 0.254 e. The Morgan fingerprint density at radius 3 is 2.43 bits per heavy atom. The number of carbonyl (C=O) groups excluding carboxylic acids is 1. The Kier molecular flexibility index (Phi) is 2.88. The zero-order valence-electron chi connectivity index (χ0n) is 13.3. The maximum Gasteiger partial charge on any atom is 0.254 e. The van der Waals surface area contributed by atoms with Crippen molar-refractivity contribution in [3.8, 4) is 11.1 Å². The second-order valence-electron chi connectivity index (χ2n) is 7.23. The number of hydrogen-bond donors (Lipinski definition) is 0. The predicted octanol–water partition coefficient (Wildman–Crippen LogP) is 4.41. The fourth-order valence-corrected chi connectivity index (χ4v) is 4.85. The summed E-state index contributed by atoms with van der Waals surface area (Å²) in [4.78, 5) is 15.3. The van der Waals surface area contributed by atoms with Gasteiger partial charge in [-0.25, -0.2) is 0 Å². The summed E-state index contributed by atoms with van der Waals surface area (Å²) in [7, 11) is 0. The van der Waals surface area contributed by atoms with Gasteiger partial charge in [0.1, 0.15) is 0 Å². The van der Waals surface area contributed by atoms with E-state index < -0.39 is 0 Å². The van der Waals surface area contributed by atoms with Crippen LogP contribution in [0.2, 0.25) is 0 Å². The lowest BCUT2D eigenvalue weighted by Crippen LogP contribution is -2.44. The largest absolute Gasteiger partial charge is 0.333 e.